The van der Waals surface area contributed by atoms with Gasteiger partial charge in [0.05, 0.1) is 19.8 Å². The first-order valence-corrected chi connectivity index (χ1v) is 24.8. The van der Waals surface area contributed by atoms with Gasteiger partial charge in [-0.1, -0.05) is 132 Å². The number of ether oxygens (including phenoxy) is 7. The molecule has 380 valence electrons. The number of carbonyl (C=O) groups excluding carboxylic acids is 4. The minimum atomic E-state index is -0.665. The molecular weight excluding hydrogens is 908 g/mol. The van der Waals surface area contributed by atoms with Crippen LogP contribution in [0.15, 0.2) is 48.5 Å². The Kier molecular flexibility index (Phi) is 17.9. The van der Waals surface area contributed by atoms with Crippen LogP contribution < -0.4 is 18.9 Å². The van der Waals surface area contributed by atoms with Gasteiger partial charge in [0.1, 0.15) is 23.0 Å². The standard InChI is InChI=1S/C58H75ClO11/c1-16-64-48(61)32-68-52-37-19-35-23-43(55(4,5)6)24-36(51(35)67-31-47(59)60)20-38-26-45(57(10,11)12)28-40(53(38)69-33-49(62)65-17-2)22-42-30-46(58(13,14)15)29-41(54(42)70-34-50(63)66-18-3)21-39(52)27-44(25-37)56(7,8)9/h23-30H,16-22,31-34H2,1-15H3. The Hall–Kier alpha value is -5.55. The van der Waals surface area contributed by atoms with Gasteiger partial charge in [0.15, 0.2) is 26.4 Å². The number of esters is 3. The number of fused-ring (bicyclic) bond motifs is 8. The summed E-state index contributed by atoms with van der Waals surface area (Å²) in [6.45, 7) is 30.1. The molecule has 70 heavy (non-hydrogen) atoms. The second kappa shape index (κ2) is 22.7. The first kappa shape index (κ1) is 55.4. The largest absolute Gasteiger partial charge is 0.484 e. The highest BCUT2D eigenvalue weighted by atomic mass is 35.5. The Balaban J connectivity index is 2.04. The van der Waals surface area contributed by atoms with E-state index in [1.54, 1.807) is 20.8 Å². The highest BCUT2D eigenvalue weighted by molar-refractivity contribution is 6.63. The molecule has 1 aliphatic rings. The lowest BCUT2D eigenvalue weighted by atomic mass is 9.79. The quantitative estimate of drug-likeness (QED) is 0.0564. The average Bonchev–Trinajstić information content (AvgIpc) is 3.23. The van der Waals surface area contributed by atoms with Crippen LogP contribution in [-0.4, -0.2) is 69.4 Å². The molecule has 0 N–H and O–H groups in total. The van der Waals surface area contributed by atoms with Crippen molar-refractivity contribution in [2.24, 2.45) is 0 Å². The smallest absolute Gasteiger partial charge is 0.344 e. The summed E-state index contributed by atoms with van der Waals surface area (Å²) in [4.78, 5) is 52.1. The number of hydrogen-bond acceptors (Lipinski definition) is 11. The zero-order valence-corrected chi connectivity index (χ0v) is 45.0. The molecule has 12 heteroatoms. The number of hydrogen-bond donors (Lipinski definition) is 0. The van der Waals surface area contributed by atoms with Gasteiger partial charge in [-0.15, -0.1) is 0 Å². The number of halogens is 1. The van der Waals surface area contributed by atoms with Gasteiger partial charge < -0.3 is 33.2 Å². The van der Waals surface area contributed by atoms with Crippen LogP contribution in [0.25, 0.3) is 0 Å². The molecule has 0 saturated carbocycles. The van der Waals surface area contributed by atoms with Gasteiger partial charge in [-0.3, -0.25) is 4.79 Å². The Morgan fingerprint density at radius 3 is 0.714 bits per heavy atom. The maximum Gasteiger partial charge on any atom is 0.344 e. The van der Waals surface area contributed by atoms with E-state index in [1.165, 1.54) is 0 Å². The maximum absolute atomic E-state index is 13.2. The van der Waals surface area contributed by atoms with Crippen molar-refractivity contribution in [2.45, 2.75) is 151 Å². The fourth-order valence-electron chi connectivity index (χ4n) is 8.49. The van der Waals surface area contributed by atoms with Crippen molar-refractivity contribution in [3.63, 3.8) is 0 Å². The van der Waals surface area contributed by atoms with E-state index in [0.717, 1.165) is 66.8 Å². The van der Waals surface area contributed by atoms with Crippen LogP contribution in [0.5, 0.6) is 23.0 Å². The summed E-state index contributed by atoms with van der Waals surface area (Å²) in [5.74, 6) is 0.394. The molecule has 4 aromatic carbocycles. The van der Waals surface area contributed by atoms with Crippen LogP contribution in [-0.2, 0) is 80.7 Å². The van der Waals surface area contributed by atoms with E-state index in [1.807, 2.05) is 0 Å². The molecule has 0 atom stereocenters. The third-order valence-electron chi connectivity index (χ3n) is 12.2. The summed E-state index contributed by atoms with van der Waals surface area (Å²) in [6.07, 6.45) is 1.05. The second-order valence-corrected chi connectivity index (χ2v) is 22.5. The fraction of sp³-hybridized carbons (Fsp3) is 0.517. The van der Waals surface area contributed by atoms with Gasteiger partial charge in [-0.2, -0.15) is 0 Å². The van der Waals surface area contributed by atoms with E-state index in [2.05, 4.69) is 132 Å². The van der Waals surface area contributed by atoms with Gasteiger partial charge in [-0.25, -0.2) is 14.4 Å². The van der Waals surface area contributed by atoms with Gasteiger partial charge in [0.2, 0.25) is 0 Å². The predicted octanol–water partition coefficient (Wildman–Crippen LogP) is 11.5. The molecule has 1 aliphatic carbocycles. The molecular formula is C58H75ClO11. The molecule has 4 aromatic rings. The molecule has 0 radical (unpaired) electrons. The molecule has 0 aromatic heterocycles. The maximum atomic E-state index is 13.2. The molecule has 5 rings (SSSR count). The molecule has 0 heterocycles. The van der Waals surface area contributed by atoms with Crippen molar-refractivity contribution in [1.82, 2.24) is 0 Å². The third kappa shape index (κ3) is 14.5. The van der Waals surface area contributed by atoms with Crippen molar-refractivity contribution < 1.29 is 52.3 Å². The third-order valence-corrected chi connectivity index (χ3v) is 12.3. The number of benzene rings is 4. The first-order valence-electron chi connectivity index (χ1n) is 24.4. The lowest BCUT2D eigenvalue weighted by molar-refractivity contribution is -0.146. The Morgan fingerprint density at radius 1 is 0.371 bits per heavy atom. The summed E-state index contributed by atoms with van der Waals surface area (Å²) in [6, 6.07) is 16.9. The first-order chi connectivity index (χ1) is 32.6. The van der Waals surface area contributed by atoms with E-state index in [0.29, 0.717) is 23.0 Å². The SMILES string of the molecule is CCOC(=O)COc1c2cc(C(C)(C)C)cc1Cc1cc(C(C)(C)C)cc(c1OCC(=O)OCC)Cc1cc(C(C)(C)C)cc(c1OCC(=O)OCC)Cc1cc(C(C)(C)C)cc(c1OCC(=O)Cl)C2. The topological polar surface area (TPSA) is 133 Å². The monoisotopic (exact) mass is 982 g/mol. The van der Waals surface area contributed by atoms with Crippen LogP contribution in [0.4, 0.5) is 0 Å². The minimum absolute atomic E-state index is 0.186. The van der Waals surface area contributed by atoms with E-state index >= 15 is 0 Å². The van der Waals surface area contributed by atoms with E-state index in [-0.39, 0.29) is 87.0 Å². The molecule has 8 bridgehead atoms. The minimum Gasteiger partial charge on any atom is -0.484 e. The molecule has 0 amide bonds. The van der Waals surface area contributed by atoms with Crippen molar-refractivity contribution in [2.75, 3.05) is 46.2 Å². The van der Waals surface area contributed by atoms with Crippen LogP contribution in [0.2, 0.25) is 0 Å². The molecule has 11 nitrogen and oxygen atoms in total. The van der Waals surface area contributed by atoms with Crippen LogP contribution >= 0.6 is 11.6 Å². The zero-order chi connectivity index (χ0) is 51.9. The highest BCUT2D eigenvalue weighted by Gasteiger charge is 2.30. The summed E-state index contributed by atoms with van der Waals surface area (Å²) < 4.78 is 42.6. The normalized spacial score (nSPS) is 13.0. The average molecular weight is 984 g/mol. The van der Waals surface area contributed by atoms with Crippen LogP contribution in [0, 0.1) is 0 Å². The Labute approximate surface area is 421 Å². The molecule has 0 saturated heterocycles. The lowest BCUT2D eigenvalue weighted by Gasteiger charge is -2.29. The van der Waals surface area contributed by atoms with Crippen molar-refractivity contribution in [1.29, 1.82) is 0 Å². The van der Waals surface area contributed by atoms with Gasteiger partial charge >= 0.3 is 17.9 Å². The van der Waals surface area contributed by atoms with Crippen molar-refractivity contribution in [3.05, 3.63) is 115 Å². The molecule has 0 unspecified atom stereocenters. The summed E-state index contributed by atoms with van der Waals surface area (Å²) in [5.41, 5.74) is 8.86. The van der Waals surface area contributed by atoms with Crippen molar-refractivity contribution in [3.8, 4) is 23.0 Å². The number of rotatable bonds is 15. The summed E-state index contributed by atoms with van der Waals surface area (Å²) in [5, 5.41) is -0.665. The van der Waals surface area contributed by atoms with Gasteiger partial charge in [-0.05, 0) is 121 Å². The van der Waals surface area contributed by atoms with Gasteiger partial charge in [0, 0.05) is 25.7 Å². The van der Waals surface area contributed by atoms with Crippen LogP contribution in [0.3, 0.4) is 0 Å². The van der Waals surface area contributed by atoms with E-state index in [9.17, 15) is 19.2 Å². The fourth-order valence-corrected chi connectivity index (χ4v) is 8.55. The van der Waals surface area contributed by atoms with Crippen LogP contribution in [0.1, 0.15) is 171 Å². The Bertz CT molecular complexity index is 2420. The summed E-state index contributed by atoms with van der Waals surface area (Å²) >= 11 is 6.05. The van der Waals surface area contributed by atoms with Gasteiger partial charge in [0.25, 0.3) is 5.24 Å². The zero-order valence-electron chi connectivity index (χ0n) is 44.3. The Morgan fingerprint density at radius 2 is 0.557 bits per heavy atom. The lowest BCUT2D eigenvalue weighted by Crippen LogP contribution is -2.21. The summed E-state index contributed by atoms with van der Waals surface area (Å²) in [7, 11) is 0. The number of carbonyl (C=O) groups is 4. The highest BCUT2D eigenvalue weighted by Crippen LogP contribution is 2.44. The van der Waals surface area contributed by atoms with E-state index < -0.39 is 29.8 Å². The van der Waals surface area contributed by atoms with E-state index in [4.69, 9.17) is 44.8 Å². The second-order valence-electron chi connectivity index (χ2n) is 22.1. The molecule has 0 fully saturated rings. The predicted molar refractivity (Wildman–Crippen MR) is 275 cm³/mol. The molecule has 0 spiro atoms. The van der Waals surface area contributed by atoms with Crippen molar-refractivity contribution >= 4 is 34.8 Å². The molecule has 0 aliphatic heterocycles.